The van der Waals surface area contributed by atoms with Crippen LogP contribution in [0.4, 0.5) is 0 Å². The molecule has 2 atom stereocenters. The minimum Gasteiger partial charge on any atom is -0.444 e. The molecule has 5 nitrogen and oxygen atoms in total. The van der Waals surface area contributed by atoms with E-state index < -0.39 is 0 Å². The number of hydrogen-bond acceptors (Lipinski definition) is 4. The van der Waals surface area contributed by atoms with Gasteiger partial charge in [-0.3, -0.25) is 4.79 Å². The number of aromatic nitrogens is 1. The third kappa shape index (κ3) is 4.12. The summed E-state index contributed by atoms with van der Waals surface area (Å²) in [7, 11) is 0. The van der Waals surface area contributed by atoms with Crippen LogP contribution >= 0.6 is 11.6 Å². The van der Waals surface area contributed by atoms with Crippen molar-refractivity contribution in [3.8, 4) is 11.5 Å². The number of oxazole rings is 1. The quantitative estimate of drug-likeness (QED) is 0.902. The molecule has 2 aromatic rings. The number of halogens is 1. The van der Waals surface area contributed by atoms with E-state index in [2.05, 4.69) is 22.5 Å². The molecule has 2 unspecified atom stereocenters. The number of nitrogens with one attached hydrogen (secondary N) is 2. The van der Waals surface area contributed by atoms with Gasteiger partial charge in [0, 0.05) is 16.6 Å². The van der Waals surface area contributed by atoms with Crippen LogP contribution in [-0.4, -0.2) is 30.0 Å². The Bertz CT molecular complexity index is 669. The normalized spacial score (nSPS) is 21.1. The molecule has 1 aromatic heterocycles. The smallest absolute Gasteiger partial charge is 0.226 e. The van der Waals surface area contributed by atoms with Gasteiger partial charge in [0.1, 0.15) is 6.26 Å². The fourth-order valence-electron chi connectivity index (χ4n) is 2.76. The molecule has 0 spiro atoms. The van der Waals surface area contributed by atoms with Crippen LogP contribution in [0.15, 0.2) is 34.9 Å². The van der Waals surface area contributed by atoms with Crippen molar-refractivity contribution in [1.29, 1.82) is 0 Å². The molecule has 0 saturated carbocycles. The number of amides is 1. The molecular weight excluding hydrogens is 314 g/mol. The lowest BCUT2D eigenvalue weighted by Gasteiger charge is -2.30. The van der Waals surface area contributed by atoms with Crippen LogP contribution in [0.3, 0.4) is 0 Å². The number of benzene rings is 1. The monoisotopic (exact) mass is 333 g/mol. The highest BCUT2D eigenvalue weighted by Gasteiger charge is 2.23. The molecular formula is C17H20ClN3O2. The average molecular weight is 334 g/mol. The maximum atomic E-state index is 12.2. The molecule has 1 aromatic carbocycles. The first-order valence-corrected chi connectivity index (χ1v) is 8.20. The summed E-state index contributed by atoms with van der Waals surface area (Å²) < 4.78 is 5.46. The number of nitrogens with zero attached hydrogens (tertiary/aromatic N) is 1. The van der Waals surface area contributed by atoms with Crippen molar-refractivity contribution >= 4 is 17.5 Å². The van der Waals surface area contributed by atoms with Gasteiger partial charge in [-0.1, -0.05) is 18.5 Å². The van der Waals surface area contributed by atoms with E-state index in [9.17, 15) is 4.79 Å². The predicted octanol–water partition coefficient (Wildman–Crippen LogP) is 2.65. The van der Waals surface area contributed by atoms with E-state index in [4.69, 9.17) is 16.0 Å². The molecule has 0 radical (unpaired) electrons. The molecule has 1 saturated heterocycles. The van der Waals surface area contributed by atoms with E-state index in [0.29, 0.717) is 22.5 Å². The number of piperidine rings is 1. The van der Waals surface area contributed by atoms with Crippen molar-refractivity contribution in [3.63, 3.8) is 0 Å². The van der Waals surface area contributed by atoms with Gasteiger partial charge in [-0.15, -0.1) is 0 Å². The highest BCUT2D eigenvalue weighted by atomic mass is 35.5. The lowest BCUT2D eigenvalue weighted by atomic mass is 9.95. The van der Waals surface area contributed by atoms with Gasteiger partial charge in [0.15, 0.2) is 0 Å². The second kappa shape index (κ2) is 7.15. The van der Waals surface area contributed by atoms with E-state index in [1.165, 1.54) is 6.26 Å². The summed E-state index contributed by atoms with van der Waals surface area (Å²) in [6.07, 6.45) is 2.73. The molecule has 23 heavy (non-hydrogen) atoms. The molecule has 1 aliphatic rings. The fourth-order valence-corrected chi connectivity index (χ4v) is 2.89. The van der Waals surface area contributed by atoms with E-state index in [0.717, 1.165) is 25.1 Å². The Morgan fingerprint density at radius 1 is 1.43 bits per heavy atom. The van der Waals surface area contributed by atoms with Crippen molar-refractivity contribution in [1.82, 2.24) is 15.6 Å². The Kier molecular flexibility index (Phi) is 4.98. The largest absolute Gasteiger partial charge is 0.444 e. The molecule has 1 amide bonds. The Labute approximate surface area is 140 Å². The number of carbonyl (C=O) groups is 1. The zero-order valence-electron chi connectivity index (χ0n) is 13.0. The molecule has 122 valence electrons. The Morgan fingerprint density at radius 3 is 2.96 bits per heavy atom. The maximum absolute atomic E-state index is 12.2. The van der Waals surface area contributed by atoms with Crippen LogP contribution in [0.1, 0.15) is 19.0 Å². The van der Waals surface area contributed by atoms with Gasteiger partial charge >= 0.3 is 0 Å². The lowest BCUT2D eigenvalue weighted by molar-refractivity contribution is -0.121. The van der Waals surface area contributed by atoms with Crippen LogP contribution in [0.5, 0.6) is 0 Å². The number of rotatable bonds is 4. The first-order chi connectivity index (χ1) is 11.1. The van der Waals surface area contributed by atoms with Crippen molar-refractivity contribution in [2.45, 2.75) is 25.8 Å². The summed E-state index contributed by atoms with van der Waals surface area (Å²) in [5.41, 5.74) is 1.47. The molecule has 0 aliphatic carbocycles. The second-order valence-corrected chi connectivity index (χ2v) is 6.41. The summed E-state index contributed by atoms with van der Waals surface area (Å²) in [5.74, 6) is 0.925. The molecule has 3 rings (SSSR count). The minimum atomic E-state index is -0.0142. The lowest BCUT2D eigenvalue weighted by Crippen LogP contribution is -2.48. The van der Waals surface area contributed by atoms with E-state index >= 15 is 0 Å². The van der Waals surface area contributed by atoms with Crippen LogP contribution < -0.4 is 10.6 Å². The summed E-state index contributed by atoms with van der Waals surface area (Å²) in [6, 6.07) is 7.48. The van der Waals surface area contributed by atoms with Crippen LogP contribution in [-0.2, 0) is 11.2 Å². The SMILES string of the molecule is CC1CNCCC1NC(=O)Cc1coc(-c2ccc(Cl)cc2)n1. The molecule has 2 N–H and O–H groups in total. The zero-order chi connectivity index (χ0) is 16.2. The standard InChI is InChI=1S/C17H20ClN3O2/c1-11-9-19-7-6-15(11)21-16(22)8-14-10-23-17(20-14)12-2-4-13(18)5-3-12/h2-5,10-11,15,19H,6-9H2,1H3,(H,21,22). The molecule has 1 aliphatic heterocycles. The second-order valence-electron chi connectivity index (χ2n) is 5.97. The third-order valence-corrected chi connectivity index (χ3v) is 4.37. The van der Waals surface area contributed by atoms with Crippen molar-refractivity contribution in [3.05, 3.63) is 41.2 Å². The molecule has 2 heterocycles. The zero-order valence-corrected chi connectivity index (χ0v) is 13.8. The Hall–Kier alpha value is -1.85. The highest BCUT2D eigenvalue weighted by Crippen LogP contribution is 2.21. The van der Waals surface area contributed by atoms with Gasteiger partial charge in [0.25, 0.3) is 0 Å². The molecule has 0 bridgehead atoms. The minimum absolute atomic E-state index is 0.0142. The Balaban J connectivity index is 1.60. The van der Waals surface area contributed by atoms with Gasteiger partial charge in [-0.2, -0.15) is 0 Å². The van der Waals surface area contributed by atoms with Gasteiger partial charge in [-0.05, 0) is 49.7 Å². The topological polar surface area (TPSA) is 67.2 Å². The van der Waals surface area contributed by atoms with Gasteiger partial charge < -0.3 is 15.1 Å². The predicted molar refractivity (Wildman–Crippen MR) is 89.2 cm³/mol. The first-order valence-electron chi connectivity index (χ1n) is 7.82. The first kappa shape index (κ1) is 16.0. The van der Waals surface area contributed by atoms with E-state index in [1.807, 2.05) is 12.1 Å². The average Bonchev–Trinajstić information content (AvgIpc) is 2.98. The molecule has 1 fully saturated rings. The highest BCUT2D eigenvalue weighted by molar-refractivity contribution is 6.30. The Morgan fingerprint density at radius 2 is 2.22 bits per heavy atom. The van der Waals surface area contributed by atoms with Crippen molar-refractivity contribution in [2.75, 3.05) is 13.1 Å². The van der Waals surface area contributed by atoms with Crippen molar-refractivity contribution in [2.24, 2.45) is 5.92 Å². The van der Waals surface area contributed by atoms with Crippen LogP contribution in [0.2, 0.25) is 5.02 Å². The number of hydrogen-bond donors (Lipinski definition) is 2. The summed E-state index contributed by atoms with van der Waals surface area (Å²) in [4.78, 5) is 16.6. The number of carbonyl (C=O) groups excluding carboxylic acids is 1. The van der Waals surface area contributed by atoms with E-state index in [1.54, 1.807) is 12.1 Å². The maximum Gasteiger partial charge on any atom is 0.226 e. The molecule has 6 heteroatoms. The summed E-state index contributed by atoms with van der Waals surface area (Å²) in [5, 5.41) is 7.08. The summed E-state index contributed by atoms with van der Waals surface area (Å²) in [6.45, 7) is 4.03. The van der Waals surface area contributed by atoms with Gasteiger partial charge in [0.2, 0.25) is 11.8 Å². The van der Waals surface area contributed by atoms with E-state index in [-0.39, 0.29) is 18.4 Å². The summed E-state index contributed by atoms with van der Waals surface area (Å²) >= 11 is 5.87. The van der Waals surface area contributed by atoms with Crippen molar-refractivity contribution < 1.29 is 9.21 Å². The van der Waals surface area contributed by atoms with Crippen LogP contribution in [0, 0.1) is 5.92 Å². The third-order valence-electron chi connectivity index (χ3n) is 4.12. The van der Waals surface area contributed by atoms with Crippen LogP contribution in [0.25, 0.3) is 11.5 Å². The van der Waals surface area contributed by atoms with Gasteiger partial charge in [-0.25, -0.2) is 4.98 Å². The van der Waals surface area contributed by atoms with Gasteiger partial charge in [0.05, 0.1) is 12.1 Å². The fraction of sp³-hybridized carbons (Fsp3) is 0.412.